The normalized spacial score (nSPS) is 14.6. The van der Waals surface area contributed by atoms with Gasteiger partial charge in [-0.1, -0.05) is 53.6 Å². The van der Waals surface area contributed by atoms with Crippen molar-refractivity contribution in [3.8, 4) is 11.1 Å². The number of rotatable bonds is 5. The molecule has 0 atom stereocenters. The van der Waals surface area contributed by atoms with Crippen LogP contribution in [0.5, 0.6) is 0 Å². The van der Waals surface area contributed by atoms with Crippen LogP contribution in [0, 0.1) is 6.92 Å². The first-order chi connectivity index (χ1) is 17.5. The Bertz CT molecular complexity index is 1350. The molecular weight excluding hydrogens is 458 g/mol. The third-order valence-electron chi connectivity index (χ3n) is 6.97. The number of nitrogens with zero attached hydrogens (tertiary/aromatic N) is 5. The lowest BCUT2D eigenvalue weighted by atomic mass is 9.98. The molecular formula is C27H25N5O4. The molecule has 1 N–H and O–H groups in total. The zero-order chi connectivity index (χ0) is 25.2. The van der Waals surface area contributed by atoms with Gasteiger partial charge >= 0.3 is 12.1 Å². The van der Waals surface area contributed by atoms with Crippen molar-refractivity contribution in [2.75, 3.05) is 37.7 Å². The van der Waals surface area contributed by atoms with Crippen LogP contribution >= 0.6 is 0 Å². The zero-order valence-electron chi connectivity index (χ0n) is 19.8. The predicted molar refractivity (Wildman–Crippen MR) is 136 cm³/mol. The fraction of sp³-hybridized carbons (Fsp3) is 0.259. The Balaban J connectivity index is 1.25. The molecule has 3 aromatic carbocycles. The highest BCUT2D eigenvalue weighted by Gasteiger charge is 2.30. The van der Waals surface area contributed by atoms with E-state index >= 15 is 0 Å². The molecule has 2 aliphatic rings. The first-order valence-corrected chi connectivity index (χ1v) is 11.8. The Labute approximate surface area is 208 Å². The largest absolute Gasteiger partial charge is 0.478 e. The molecule has 1 heterocycles. The van der Waals surface area contributed by atoms with Gasteiger partial charge in [0.05, 0.1) is 5.56 Å². The number of aromatic carboxylic acids is 1. The summed E-state index contributed by atoms with van der Waals surface area (Å²) in [7, 11) is 0. The van der Waals surface area contributed by atoms with E-state index in [1.807, 2.05) is 29.2 Å². The van der Waals surface area contributed by atoms with Crippen LogP contribution in [0.3, 0.4) is 0 Å². The van der Waals surface area contributed by atoms with E-state index in [1.54, 1.807) is 17.9 Å². The van der Waals surface area contributed by atoms with Gasteiger partial charge in [0, 0.05) is 48.4 Å². The summed E-state index contributed by atoms with van der Waals surface area (Å²) in [6, 6.07) is 19.4. The Hall–Kier alpha value is -4.49. The first-order valence-electron chi connectivity index (χ1n) is 11.8. The Kier molecular flexibility index (Phi) is 6.23. The maximum absolute atomic E-state index is 12.9. The number of carboxylic acids is 1. The molecule has 1 aliphatic heterocycles. The fourth-order valence-electron chi connectivity index (χ4n) is 5.10. The Morgan fingerprint density at radius 3 is 2.22 bits per heavy atom. The van der Waals surface area contributed by atoms with E-state index in [1.165, 1.54) is 28.3 Å². The molecule has 1 saturated heterocycles. The van der Waals surface area contributed by atoms with E-state index in [2.05, 4.69) is 34.3 Å². The molecule has 0 unspecified atom stereocenters. The van der Waals surface area contributed by atoms with Gasteiger partial charge in [-0.3, -0.25) is 0 Å². The molecule has 0 bridgehead atoms. The summed E-state index contributed by atoms with van der Waals surface area (Å²) in [5, 5.41) is 13.1. The van der Waals surface area contributed by atoms with Crippen molar-refractivity contribution in [1.82, 2.24) is 4.90 Å². The van der Waals surface area contributed by atoms with E-state index in [4.69, 9.17) is 10.3 Å². The maximum atomic E-state index is 12.9. The van der Waals surface area contributed by atoms with Crippen LogP contribution in [0.2, 0.25) is 0 Å². The number of carbonyl (C=O) groups is 2. The second-order valence-electron chi connectivity index (χ2n) is 8.91. The summed E-state index contributed by atoms with van der Waals surface area (Å²) in [6.07, 6.45) is -0.359. The van der Waals surface area contributed by atoms with E-state index in [0.29, 0.717) is 37.4 Å². The molecule has 0 radical (unpaired) electrons. The molecule has 1 fully saturated rings. The number of hydrogen-bond acceptors (Lipinski definition) is 5. The quantitative estimate of drug-likeness (QED) is 0.283. The zero-order valence-corrected chi connectivity index (χ0v) is 19.8. The van der Waals surface area contributed by atoms with Gasteiger partial charge in [0.15, 0.2) is 0 Å². The molecule has 0 saturated carbocycles. The number of benzene rings is 3. The molecule has 0 spiro atoms. The topological polar surface area (TPSA) is 119 Å². The SMILES string of the molecule is Cc1c(N=[N+]=[N-])cc(C(=O)O)cc1N1CCN(C(=O)OCC2c3ccccc3-c3ccccc32)CC1. The molecule has 0 aromatic heterocycles. The fourth-order valence-corrected chi connectivity index (χ4v) is 5.10. The highest BCUT2D eigenvalue weighted by molar-refractivity contribution is 5.91. The minimum absolute atomic E-state index is 0.00292. The average molecular weight is 484 g/mol. The van der Waals surface area contributed by atoms with Crippen molar-refractivity contribution >= 4 is 23.4 Å². The van der Waals surface area contributed by atoms with Gasteiger partial charge in [0.1, 0.15) is 6.61 Å². The Morgan fingerprint density at radius 2 is 1.64 bits per heavy atom. The minimum atomic E-state index is -1.09. The van der Waals surface area contributed by atoms with E-state index < -0.39 is 5.97 Å². The lowest BCUT2D eigenvalue weighted by Crippen LogP contribution is -2.49. The standard InChI is InChI=1S/C27H25N5O4/c1-17-24(29-30-28)14-18(26(33)34)15-25(17)31-10-12-32(13-11-31)27(35)36-16-23-21-8-4-2-6-19(21)20-7-3-5-9-22(20)23/h2-9,14-15,23H,10-13,16H2,1H3,(H,33,34). The highest BCUT2D eigenvalue weighted by Crippen LogP contribution is 2.44. The van der Waals surface area contributed by atoms with Gasteiger partial charge in [-0.05, 0) is 52.4 Å². The first kappa shape index (κ1) is 23.3. The number of piperazine rings is 1. The van der Waals surface area contributed by atoms with Crippen molar-refractivity contribution in [3.63, 3.8) is 0 Å². The lowest BCUT2D eigenvalue weighted by molar-refractivity contribution is 0.0697. The van der Waals surface area contributed by atoms with Crippen LogP contribution in [0.15, 0.2) is 65.8 Å². The summed E-state index contributed by atoms with van der Waals surface area (Å²) < 4.78 is 5.78. The van der Waals surface area contributed by atoms with Crippen molar-refractivity contribution in [2.45, 2.75) is 12.8 Å². The number of ether oxygens (including phenoxy) is 1. The molecule has 182 valence electrons. The van der Waals surface area contributed by atoms with Gasteiger partial charge < -0.3 is 19.6 Å². The molecule has 36 heavy (non-hydrogen) atoms. The van der Waals surface area contributed by atoms with Gasteiger partial charge in [-0.25, -0.2) is 9.59 Å². The summed E-state index contributed by atoms with van der Waals surface area (Å²) in [5.74, 6) is -1.09. The molecule has 9 nitrogen and oxygen atoms in total. The monoisotopic (exact) mass is 483 g/mol. The highest BCUT2D eigenvalue weighted by atomic mass is 16.6. The Morgan fingerprint density at radius 1 is 1.03 bits per heavy atom. The van der Waals surface area contributed by atoms with Crippen molar-refractivity contribution in [1.29, 1.82) is 0 Å². The smallest absolute Gasteiger partial charge is 0.409 e. The maximum Gasteiger partial charge on any atom is 0.409 e. The molecule has 1 aliphatic carbocycles. The van der Waals surface area contributed by atoms with Crippen molar-refractivity contribution in [3.05, 3.63) is 93.4 Å². The second kappa shape index (κ2) is 9.64. The molecule has 5 rings (SSSR count). The van der Waals surface area contributed by atoms with Crippen molar-refractivity contribution in [2.24, 2.45) is 5.11 Å². The molecule has 1 amide bonds. The summed E-state index contributed by atoms with van der Waals surface area (Å²) in [4.78, 5) is 31.0. The van der Waals surface area contributed by atoms with Crippen LogP contribution < -0.4 is 4.90 Å². The van der Waals surface area contributed by atoms with Crippen LogP contribution in [0.4, 0.5) is 16.2 Å². The molecule has 9 heteroatoms. The number of carboxylic acid groups (broad SMARTS) is 1. The lowest BCUT2D eigenvalue weighted by Gasteiger charge is -2.36. The number of amides is 1. The summed E-state index contributed by atoms with van der Waals surface area (Å²) in [5.41, 5.74) is 15.3. The van der Waals surface area contributed by atoms with Crippen LogP contribution in [-0.2, 0) is 4.74 Å². The predicted octanol–water partition coefficient (Wildman–Crippen LogP) is 5.71. The number of anilines is 1. The minimum Gasteiger partial charge on any atom is -0.478 e. The van der Waals surface area contributed by atoms with Gasteiger partial charge in [-0.15, -0.1) is 0 Å². The second-order valence-corrected chi connectivity index (χ2v) is 8.91. The van der Waals surface area contributed by atoms with Crippen LogP contribution in [0.25, 0.3) is 21.6 Å². The summed E-state index contributed by atoms with van der Waals surface area (Å²) >= 11 is 0. The van der Waals surface area contributed by atoms with Gasteiger partial charge in [0.25, 0.3) is 0 Å². The molecule has 3 aromatic rings. The number of carbonyl (C=O) groups excluding carboxylic acids is 1. The number of azide groups is 1. The van der Waals surface area contributed by atoms with E-state index in [0.717, 1.165) is 0 Å². The number of hydrogen-bond donors (Lipinski definition) is 1. The van der Waals surface area contributed by atoms with Crippen LogP contribution in [0.1, 0.15) is 33.0 Å². The van der Waals surface area contributed by atoms with Crippen LogP contribution in [-0.4, -0.2) is 54.9 Å². The van der Waals surface area contributed by atoms with E-state index in [-0.39, 0.29) is 29.9 Å². The summed E-state index contributed by atoms with van der Waals surface area (Å²) in [6.45, 7) is 3.94. The third kappa shape index (κ3) is 4.21. The number of fused-ring (bicyclic) bond motifs is 3. The average Bonchev–Trinajstić information content (AvgIpc) is 3.22. The van der Waals surface area contributed by atoms with Gasteiger partial charge in [-0.2, -0.15) is 0 Å². The van der Waals surface area contributed by atoms with Crippen molar-refractivity contribution < 1.29 is 19.4 Å². The van der Waals surface area contributed by atoms with Gasteiger partial charge in [0.2, 0.25) is 0 Å². The van der Waals surface area contributed by atoms with E-state index in [9.17, 15) is 14.7 Å². The third-order valence-corrected chi connectivity index (χ3v) is 6.97.